The van der Waals surface area contributed by atoms with Gasteiger partial charge in [0, 0.05) is 34.1 Å². The van der Waals surface area contributed by atoms with Gasteiger partial charge in [-0.1, -0.05) is 11.6 Å². The van der Waals surface area contributed by atoms with Crippen molar-refractivity contribution >= 4 is 28.8 Å². The number of amidine groups is 1. The monoisotopic (exact) mass is 392 g/mol. The second-order valence-corrected chi connectivity index (χ2v) is 6.44. The molecule has 0 aliphatic carbocycles. The van der Waals surface area contributed by atoms with E-state index >= 15 is 0 Å². The highest BCUT2D eigenvalue weighted by molar-refractivity contribution is 6.31. The van der Waals surface area contributed by atoms with E-state index < -0.39 is 0 Å². The summed E-state index contributed by atoms with van der Waals surface area (Å²) < 4.78 is 10.8. The molecule has 1 aromatic heterocycles. The van der Waals surface area contributed by atoms with E-state index in [9.17, 15) is 0 Å². The summed E-state index contributed by atoms with van der Waals surface area (Å²) in [6.07, 6.45) is 3.43. The predicted molar refractivity (Wildman–Crippen MR) is 110 cm³/mol. The zero-order chi connectivity index (χ0) is 19.5. The van der Waals surface area contributed by atoms with E-state index in [2.05, 4.69) is 15.5 Å². The number of aliphatic imine (C=N–C) groups is 1. The second kappa shape index (κ2) is 7.70. The minimum atomic E-state index is 0.606. The summed E-state index contributed by atoms with van der Waals surface area (Å²) in [6.45, 7) is 0. The van der Waals surface area contributed by atoms with Crippen LogP contribution in [0.1, 0.15) is 16.7 Å². The van der Waals surface area contributed by atoms with Crippen molar-refractivity contribution in [3.63, 3.8) is 0 Å². The molecule has 1 aliphatic heterocycles. The molecule has 0 unspecified atom stereocenters. The number of methoxy groups -OCH3 is 2. The third kappa shape index (κ3) is 3.42. The van der Waals surface area contributed by atoms with Crippen LogP contribution in [-0.2, 0) is 0 Å². The highest BCUT2D eigenvalue weighted by Gasteiger charge is 2.19. The van der Waals surface area contributed by atoms with Gasteiger partial charge in [0.2, 0.25) is 0 Å². The minimum absolute atomic E-state index is 0.606. The molecule has 7 heteroatoms. The zero-order valence-corrected chi connectivity index (χ0v) is 16.1. The van der Waals surface area contributed by atoms with Gasteiger partial charge in [-0.15, -0.1) is 0 Å². The number of nitrogens with one attached hydrogen (secondary N) is 1. The third-order valence-electron chi connectivity index (χ3n) is 4.33. The molecule has 2 aromatic carbocycles. The number of ether oxygens (including phenoxy) is 2. The number of pyridine rings is 1. The average Bonchev–Trinajstić information content (AvgIpc) is 2.93. The molecule has 4 rings (SSSR count). The van der Waals surface area contributed by atoms with Gasteiger partial charge in [-0.25, -0.2) is 4.99 Å². The van der Waals surface area contributed by atoms with Gasteiger partial charge in [0.1, 0.15) is 5.71 Å². The average molecular weight is 393 g/mol. The van der Waals surface area contributed by atoms with E-state index in [1.54, 1.807) is 26.6 Å². The Morgan fingerprint density at radius 2 is 1.64 bits per heavy atom. The van der Waals surface area contributed by atoms with Gasteiger partial charge in [0.05, 0.1) is 19.9 Å². The fraction of sp³-hybridized carbons (Fsp3) is 0.0952. The van der Waals surface area contributed by atoms with Crippen molar-refractivity contribution in [3.8, 4) is 11.5 Å². The summed E-state index contributed by atoms with van der Waals surface area (Å²) in [7, 11) is 3.20. The van der Waals surface area contributed by atoms with Crippen molar-refractivity contribution in [2.75, 3.05) is 14.2 Å². The Morgan fingerprint density at radius 3 is 2.39 bits per heavy atom. The maximum Gasteiger partial charge on any atom is 0.161 e. The van der Waals surface area contributed by atoms with Crippen LogP contribution in [0.2, 0.25) is 5.02 Å². The van der Waals surface area contributed by atoms with Crippen LogP contribution in [0.3, 0.4) is 0 Å². The molecule has 0 saturated heterocycles. The summed E-state index contributed by atoms with van der Waals surface area (Å²) in [5.74, 6) is 1.89. The van der Waals surface area contributed by atoms with Crippen LogP contribution in [0.15, 0.2) is 71.0 Å². The van der Waals surface area contributed by atoms with E-state index in [1.165, 1.54) is 0 Å². The highest BCUT2D eigenvalue weighted by Crippen LogP contribution is 2.32. The van der Waals surface area contributed by atoms with Crippen LogP contribution in [0.5, 0.6) is 11.5 Å². The van der Waals surface area contributed by atoms with Crippen molar-refractivity contribution in [1.82, 2.24) is 10.4 Å². The lowest BCUT2D eigenvalue weighted by atomic mass is 10.0. The molecule has 1 aliphatic rings. The van der Waals surface area contributed by atoms with E-state index in [4.69, 9.17) is 26.1 Å². The smallest absolute Gasteiger partial charge is 0.161 e. The Labute approximate surface area is 167 Å². The lowest BCUT2D eigenvalue weighted by Crippen LogP contribution is -2.19. The lowest BCUT2D eigenvalue weighted by molar-refractivity contribution is 0.355. The molecule has 0 bridgehead atoms. The molecular formula is C21H17ClN4O2. The number of hydrogen-bond acceptors (Lipinski definition) is 6. The van der Waals surface area contributed by atoms with Crippen LogP contribution in [0.4, 0.5) is 5.69 Å². The summed E-state index contributed by atoms with van der Waals surface area (Å²) in [5.41, 5.74) is 7.08. The van der Waals surface area contributed by atoms with Gasteiger partial charge in [-0.3, -0.25) is 10.4 Å². The van der Waals surface area contributed by atoms with E-state index in [0.717, 1.165) is 22.4 Å². The molecule has 0 fully saturated rings. The van der Waals surface area contributed by atoms with Crippen molar-refractivity contribution in [3.05, 3.63) is 82.6 Å². The Morgan fingerprint density at radius 1 is 0.857 bits per heavy atom. The summed E-state index contributed by atoms with van der Waals surface area (Å²) >= 11 is 6.27. The highest BCUT2D eigenvalue weighted by atomic mass is 35.5. The summed E-state index contributed by atoms with van der Waals surface area (Å²) in [4.78, 5) is 8.81. The van der Waals surface area contributed by atoms with Gasteiger partial charge in [0.25, 0.3) is 0 Å². The van der Waals surface area contributed by atoms with Gasteiger partial charge in [-0.05, 0) is 48.5 Å². The SMILES string of the molecule is COc1ccc(C2=NNC(c3ccncc3)=Nc3ccc(Cl)cc32)cc1OC. The first-order valence-electron chi connectivity index (χ1n) is 8.54. The van der Waals surface area contributed by atoms with Crippen LogP contribution in [0, 0.1) is 0 Å². The minimum Gasteiger partial charge on any atom is -0.493 e. The molecule has 28 heavy (non-hydrogen) atoms. The number of benzene rings is 2. The molecule has 0 spiro atoms. The lowest BCUT2D eigenvalue weighted by Gasteiger charge is -2.12. The van der Waals surface area contributed by atoms with Gasteiger partial charge in [-0.2, -0.15) is 5.10 Å². The van der Waals surface area contributed by atoms with Gasteiger partial charge in [0.15, 0.2) is 17.3 Å². The van der Waals surface area contributed by atoms with Crippen molar-refractivity contribution in [2.24, 2.45) is 10.1 Å². The number of hydrazone groups is 1. The largest absolute Gasteiger partial charge is 0.493 e. The Hall–Kier alpha value is -3.38. The molecule has 1 N–H and O–H groups in total. The maximum atomic E-state index is 6.27. The first kappa shape index (κ1) is 18.0. The first-order chi connectivity index (χ1) is 13.7. The second-order valence-electron chi connectivity index (χ2n) is 6.00. The normalized spacial score (nSPS) is 12.8. The number of aromatic nitrogens is 1. The topological polar surface area (TPSA) is 68.1 Å². The number of fused-ring (bicyclic) bond motifs is 1. The fourth-order valence-corrected chi connectivity index (χ4v) is 3.12. The van der Waals surface area contributed by atoms with Crippen molar-refractivity contribution < 1.29 is 9.47 Å². The van der Waals surface area contributed by atoms with Crippen molar-refractivity contribution in [1.29, 1.82) is 0 Å². The molecule has 0 amide bonds. The predicted octanol–water partition coefficient (Wildman–Crippen LogP) is 4.19. The fourth-order valence-electron chi connectivity index (χ4n) is 2.95. The number of hydrogen-bond donors (Lipinski definition) is 1. The third-order valence-corrected chi connectivity index (χ3v) is 4.57. The molecule has 0 radical (unpaired) electrons. The van der Waals surface area contributed by atoms with Crippen LogP contribution < -0.4 is 14.9 Å². The molecule has 0 saturated carbocycles. The molecule has 2 heterocycles. The van der Waals surface area contributed by atoms with Crippen molar-refractivity contribution in [2.45, 2.75) is 0 Å². The number of rotatable bonds is 4. The quantitative estimate of drug-likeness (QED) is 0.723. The number of nitrogens with zero attached hydrogens (tertiary/aromatic N) is 3. The molecule has 140 valence electrons. The van der Waals surface area contributed by atoms with Crippen LogP contribution >= 0.6 is 11.6 Å². The zero-order valence-electron chi connectivity index (χ0n) is 15.3. The van der Waals surface area contributed by atoms with Crippen LogP contribution in [0.25, 0.3) is 0 Å². The number of halogens is 1. The molecule has 6 nitrogen and oxygen atoms in total. The molecule has 0 atom stereocenters. The summed E-state index contributed by atoms with van der Waals surface area (Å²) in [6, 6.07) is 14.9. The first-order valence-corrected chi connectivity index (χ1v) is 8.92. The van der Waals surface area contributed by atoms with Gasteiger partial charge < -0.3 is 9.47 Å². The van der Waals surface area contributed by atoms with E-state index in [-0.39, 0.29) is 0 Å². The van der Waals surface area contributed by atoms with E-state index in [0.29, 0.717) is 28.1 Å². The van der Waals surface area contributed by atoms with Crippen LogP contribution in [-0.4, -0.2) is 30.8 Å². The Balaban J connectivity index is 1.86. The van der Waals surface area contributed by atoms with E-state index in [1.807, 2.05) is 48.5 Å². The Kier molecular flexibility index (Phi) is 4.95. The molecular weight excluding hydrogens is 376 g/mol. The molecule has 3 aromatic rings. The Bertz CT molecular complexity index is 1080. The maximum absolute atomic E-state index is 6.27. The summed E-state index contributed by atoms with van der Waals surface area (Å²) in [5, 5.41) is 5.23. The standard InChI is InChI=1S/C21H17ClN4O2/c1-27-18-6-3-14(11-19(18)28-2)20-16-12-15(22)4-5-17(16)24-21(26-25-20)13-7-9-23-10-8-13/h3-12H,1-2H3,(H,24,26). The van der Waals surface area contributed by atoms with Gasteiger partial charge >= 0.3 is 0 Å².